The lowest BCUT2D eigenvalue weighted by Crippen LogP contribution is -2.64. The fraction of sp³-hybridized carbons (Fsp3) is 0.529. The molecule has 1 aromatic heterocycles. The van der Waals surface area contributed by atoms with Crippen molar-refractivity contribution >= 4 is 0 Å². The van der Waals surface area contributed by atoms with Gasteiger partial charge in [-0.1, -0.05) is 12.2 Å². The number of methoxy groups -OCH3 is 2. The predicted octanol–water partition coefficient (Wildman–Crippen LogP) is 3.45. The fourth-order valence-electron chi connectivity index (χ4n) is 3.35. The van der Waals surface area contributed by atoms with Crippen LogP contribution in [0.15, 0.2) is 40.2 Å². The average Bonchev–Trinajstić information content (AvgIpc) is 2.92. The number of aryl methyl sites for hydroxylation is 1. The first kappa shape index (κ1) is 16.0. The number of hydrogen-bond donors (Lipinski definition) is 1. The van der Waals surface area contributed by atoms with E-state index in [-0.39, 0.29) is 0 Å². The summed E-state index contributed by atoms with van der Waals surface area (Å²) in [5, 5.41) is 11.3. The van der Waals surface area contributed by atoms with Crippen molar-refractivity contribution in [1.29, 1.82) is 0 Å². The molecule has 1 atom stereocenters. The van der Waals surface area contributed by atoms with Crippen LogP contribution in [0.4, 0.5) is 0 Å². The number of aliphatic hydroxyl groups is 1. The summed E-state index contributed by atoms with van der Waals surface area (Å²) < 4.78 is 16.5. The molecule has 0 radical (unpaired) electrons. The molecule has 4 heteroatoms. The Labute approximate surface area is 126 Å². The number of hydrogen-bond acceptors (Lipinski definition) is 4. The third-order valence-corrected chi connectivity index (χ3v) is 4.49. The highest BCUT2D eigenvalue weighted by Crippen LogP contribution is 2.58. The summed E-state index contributed by atoms with van der Waals surface area (Å²) in [4.78, 5) is 0. The first-order valence-corrected chi connectivity index (χ1v) is 7.17. The molecule has 1 N–H and O–H groups in total. The SMILES string of the molecule is C/C=C/CCC1=C(C)C(O)(c2cocc2C)C1(OC)OC. The van der Waals surface area contributed by atoms with Crippen LogP contribution in [0.25, 0.3) is 0 Å². The largest absolute Gasteiger partial charge is 0.472 e. The minimum Gasteiger partial charge on any atom is -0.472 e. The molecule has 4 nitrogen and oxygen atoms in total. The second-order valence-corrected chi connectivity index (χ2v) is 5.41. The van der Waals surface area contributed by atoms with Crippen molar-refractivity contribution in [3.8, 4) is 0 Å². The Bertz CT molecular complexity index is 563. The minimum absolute atomic E-state index is 0.693. The maximum Gasteiger partial charge on any atom is 0.229 e. The zero-order valence-corrected chi connectivity index (χ0v) is 13.4. The second-order valence-electron chi connectivity index (χ2n) is 5.41. The molecule has 1 aromatic rings. The lowest BCUT2D eigenvalue weighted by atomic mass is 9.63. The molecular weight excluding hydrogens is 268 g/mol. The van der Waals surface area contributed by atoms with E-state index in [1.54, 1.807) is 26.7 Å². The Hall–Kier alpha value is -1.36. The number of rotatable bonds is 6. The molecule has 0 bridgehead atoms. The quantitative estimate of drug-likeness (QED) is 0.644. The van der Waals surface area contributed by atoms with E-state index < -0.39 is 11.4 Å². The average molecular weight is 292 g/mol. The molecule has 1 aliphatic rings. The zero-order valence-electron chi connectivity index (χ0n) is 13.4. The van der Waals surface area contributed by atoms with Gasteiger partial charge >= 0.3 is 0 Å². The highest BCUT2D eigenvalue weighted by Gasteiger charge is 2.66. The van der Waals surface area contributed by atoms with Gasteiger partial charge in [0, 0.05) is 19.8 Å². The van der Waals surface area contributed by atoms with Crippen molar-refractivity contribution in [2.75, 3.05) is 14.2 Å². The molecule has 0 fully saturated rings. The van der Waals surface area contributed by atoms with Crippen molar-refractivity contribution < 1.29 is 19.0 Å². The van der Waals surface area contributed by atoms with Gasteiger partial charge in [-0.25, -0.2) is 0 Å². The van der Waals surface area contributed by atoms with Crippen molar-refractivity contribution in [2.24, 2.45) is 0 Å². The minimum atomic E-state index is -1.31. The molecular formula is C17H24O4. The molecule has 1 aliphatic carbocycles. The molecule has 0 saturated carbocycles. The monoisotopic (exact) mass is 292 g/mol. The Kier molecular flexibility index (Phi) is 4.42. The van der Waals surface area contributed by atoms with Crippen LogP contribution >= 0.6 is 0 Å². The zero-order chi connectivity index (χ0) is 15.7. The van der Waals surface area contributed by atoms with Gasteiger partial charge in [0.2, 0.25) is 5.79 Å². The van der Waals surface area contributed by atoms with E-state index in [1.165, 1.54) is 0 Å². The van der Waals surface area contributed by atoms with Gasteiger partial charge in [-0.15, -0.1) is 0 Å². The van der Waals surface area contributed by atoms with Crippen LogP contribution in [0.2, 0.25) is 0 Å². The molecule has 21 heavy (non-hydrogen) atoms. The Morgan fingerprint density at radius 2 is 1.90 bits per heavy atom. The van der Waals surface area contributed by atoms with E-state index in [1.807, 2.05) is 26.8 Å². The summed E-state index contributed by atoms with van der Waals surface area (Å²) in [6.07, 6.45) is 8.97. The van der Waals surface area contributed by atoms with Crippen LogP contribution in [-0.4, -0.2) is 25.1 Å². The lowest BCUT2D eigenvalue weighted by molar-refractivity contribution is -0.294. The van der Waals surface area contributed by atoms with Gasteiger partial charge in [-0.2, -0.15) is 0 Å². The number of ether oxygens (including phenoxy) is 2. The van der Waals surface area contributed by atoms with Gasteiger partial charge in [0.25, 0.3) is 0 Å². The molecule has 1 unspecified atom stereocenters. The van der Waals surface area contributed by atoms with Crippen LogP contribution < -0.4 is 0 Å². The van der Waals surface area contributed by atoms with E-state index in [2.05, 4.69) is 6.08 Å². The highest BCUT2D eigenvalue weighted by molar-refractivity contribution is 5.53. The van der Waals surface area contributed by atoms with E-state index in [0.29, 0.717) is 5.56 Å². The predicted molar refractivity (Wildman–Crippen MR) is 80.8 cm³/mol. The molecule has 2 rings (SSSR count). The summed E-state index contributed by atoms with van der Waals surface area (Å²) in [5.74, 6) is -1.15. The second kappa shape index (κ2) is 5.79. The van der Waals surface area contributed by atoms with Crippen LogP contribution in [-0.2, 0) is 15.1 Å². The van der Waals surface area contributed by atoms with E-state index in [4.69, 9.17) is 13.9 Å². The molecule has 1 heterocycles. The third kappa shape index (κ3) is 2.01. The van der Waals surface area contributed by atoms with Gasteiger partial charge in [0.05, 0.1) is 12.5 Å². The summed E-state index contributed by atoms with van der Waals surface area (Å²) in [6.45, 7) is 5.82. The third-order valence-electron chi connectivity index (χ3n) is 4.49. The maximum absolute atomic E-state index is 11.3. The van der Waals surface area contributed by atoms with Crippen LogP contribution in [0, 0.1) is 6.92 Å². The van der Waals surface area contributed by atoms with Crippen LogP contribution in [0.5, 0.6) is 0 Å². The Morgan fingerprint density at radius 1 is 1.24 bits per heavy atom. The molecule has 0 saturated heterocycles. The van der Waals surface area contributed by atoms with Crippen molar-refractivity contribution in [2.45, 2.75) is 45.0 Å². The van der Waals surface area contributed by atoms with Crippen LogP contribution in [0.1, 0.15) is 37.8 Å². The van der Waals surface area contributed by atoms with Gasteiger partial charge in [-0.3, -0.25) is 0 Å². The topological polar surface area (TPSA) is 51.8 Å². The number of furan rings is 1. The lowest BCUT2D eigenvalue weighted by Gasteiger charge is -2.55. The molecule has 0 aromatic carbocycles. The maximum atomic E-state index is 11.3. The van der Waals surface area contributed by atoms with Crippen LogP contribution in [0.3, 0.4) is 0 Å². The Balaban J connectivity index is 2.49. The Morgan fingerprint density at radius 3 is 2.38 bits per heavy atom. The van der Waals surface area contributed by atoms with Gasteiger partial charge in [-0.05, 0) is 50.3 Å². The standard InChI is InChI=1S/C17H24O4/c1-6-7-8-9-14-13(3)16(18,17(14,19-4)20-5)15-11-21-10-12(15)2/h6-7,10-11,18H,8-9H2,1-5H3/b7-6+. The smallest absolute Gasteiger partial charge is 0.229 e. The van der Waals surface area contributed by atoms with Gasteiger partial charge < -0.3 is 19.0 Å². The molecule has 116 valence electrons. The van der Waals surface area contributed by atoms with Gasteiger partial charge in [0.1, 0.15) is 0 Å². The number of allylic oxidation sites excluding steroid dienone is 2. The summed E-state index contributed by atoms with van der Waals surface area (Å²) in [6, 6.07) is 0. The van der Waals surface area contributed by atoms with E-state index >= 15 is 0 Å². The first-order chi connectivity index (χ1) is 9.99. The molecule has 0 aliphatic heterocycles. The van der Waals surface area contributed by atoms with E-state index in [9.17, 15) is 5.11 Å². The van der Waals surface area contributed by atoms with Gasteiger partial charge in [0.15, 0.2) is 5.60 Å². The van der Waals surface area contributed by atoms with Crippen molar-refractivity contribution in [1.82, 2.24) is 0 Å². The summed E-state index contributed by atoms with van der Waals surface area (Å²) in [5.41, 5.74) is 2.13. The summed E-state index contributed by atoms with van der Waals surface area (Å²) >= 11 is 0. The van der Waals surface area contributed by atoms with Crippen molar-refractivity contribution in [3.63, 3.8) is 0 Å². The fourth-order valence-corrected chi connectivity index (χ4v) is 3.35. The first-order valence-electron chi connectivity index (χ1n) is 7.17. The summed E-state index contributed by atoms with van der Waals surface area (Å²) in [7, 11) is 3.12. The molecule has 0 spiro atoms. The highest BCUT2D eigenvalue weighted by atomic mass is 16.7. The molecule has 0 amide bonds. The normalized spacial score (nSPS) is 24.7. The van der Waals surface area contributed by atoms with Crippen molar-refractivity contribution in [3.05, 3.63) is 47.0 Å². The van der Waals surface area contributed by atoms with E-state index in [0.717, 1.165) is 29.6 Å².